The van der Waals surface area contributed by atoms with E-state index in [-0.39, 0.29) is 17.4 Å². The number of Topliss-reactive ketones (excluding diaryl/α,β-unsaturated/α-hetero) is 1. The summed E-state index contributed by atoms with van der Waals surface area (Å²) in [6, 6.07) is 16.7. The molecule has 198 valence electrons. The first-order valence-corrected chi connectivity index (χ1v) is 14.4. The Labute approximate surface area is 245 Å². The van der Waals surface area contributed by atoms with Crippen molar-refractivity contribution in [2.24, 2.45) is 4.99 Å². The fourth-order valence-electron chi connectivity index (χ4n) is 4.19. The van der Waals surface area contributed by atoms with Crippen molar-refractivity contribution in [1.29, 1.82) is 0 Å². The molecule has 0 aliphatic carbocycles. The van der Waals surface area contributed by atoms with E-state index in [9.17, 15) is 4.79 Å². The summed E-state index contributed by atoms with van der Waals surface area (Å²) in [4.78, 5) is 16.8. The van der Waals surface area contributed by atoms with Gasteiger partial charge in [-0.1, -0.05) is 53.5 Å². The molecule has 1 atom stereocenters. The highest BCUT2D eigenvalue weighted by molar-refractivity contribution is 9.11. The average Bonchev–Trinajstić information content (AvgIpc) is 3.36. The number of carbonyl (C=O) groups excluding carboxylic acids is 1. The first kappa shape index (κ1) is 28.6. The number of nitrogens with one attached hydrogen (secondary N) is 1. The lowest BCUT2D eigenvalue weighted by molar-refractivity contribution is 0.0935. The highest BCUT2D eigenvalue weighted by Gasteiger charge is 2.25. The molecule has 5 rings (SSSR count). The quantitative estimate of drug-likeness (QED) is 0.234. The molecule has 2 aromatic carbocycles. The predicted octanol–water partition coefficient (Wildman–Crippen LogP) is 7.70. The number of nitrogens with zero attached hydrogens (tertiary/aromatic N) is 4. The molecule has 38 heavy (non-hydrogen) atoms. The van der Waals surface area contributed by atoms with Crippen LogP contribution in [0, 0.1) is 6.92 Å². The number of halogens is 3. The number of rotatable bonds is 4. The topological polar surface area (TPSA) is 72.2 Å². The highest BCUT2D eigenvalue weighted by Crippen LogP contribution is 2.36. The lowest BCUT2D eigenvalue weighted by Crippen LogP contribution is -2.46. The second-order valence-electron chi connectivity index (χ2n) is 9.90. The number of fused-ring (bicyclic) bond motifs is 3. The molecule has 0 radical (unpaired) electrons. The van der Waals surface area contributed by atoms with E-state index in [0.29, 0.717) is 22.2 Å². The van der Waals surface area contributed by atoms with Gasteiger partial charge in [-0.2, -0.15) is 0 Å². The van der Waals surface area contributed by atoms with Crippen LogP contribution in [0.1, 0.15) is 60.8 Å². The Morgan fingerprint density at radius 3 is 2.50 bits per heavy atom. The molecule has 0 spiro atoms. The van der Waals surface area contributed by atoms with Crippen molar-refractivity contribution in [3.63, 3.8) is 0 Å². The predicted molar refractivity (Wildman–Crippen MR) is 161 cm³/mol. The summed E-state index contributed by atoms with van der Waals surface area (Å²) in [5.41, 5.74) is 3.45. The van der Waals surface area contributed by atoms with E-state index in [1.54, 1.807) is 35.6 Å². The smallest absolute Gasteiger partial charge is 0.179 e. The van der Waals surface area contributed by atoms with Crippen molar-refractivity contribution >= 4 is 62.0 Å². The summed E-state index contributed by atoms with van der Waals surface area (Å²) in [6.45, 7) is 10.4. The molecule has 0 fully saturated rings. The number of hydrogen-bond acceptors (Lipinski definition) is 6. The van der Waals surface area contributed by atoms with Crippen molar-refractivity contribution in [2.75, 3.05) is 0 Å². The molecular formula is C28H28BrCl2N5OS. The van der Waals surface area contributed by atoms with Crippen molar-refractivity contribution in [1.82, 2.24) is 20.1 Å². The zero-order chi connectivity index (χ0) is 27.6. The van der Waals surface area contributed by atoms with Gasteiger partial charge >= 0.3 is 0 Å². The number of aryl methyl sites for hydroxylation is 1. The zero-order valence-electron chi connectivity index (χ0n) is 21.7. The Balaban J connectivity index is 0.000000188. The van der Waals surface area contributed by atoms with Crippen LogP contribution in [0.3, 0.4) is 0 Å². The van der Waals surface area contributed by atoms with E-state index in [1.807, 2.05) is 58.9 Å². The summed E-state index contributed by atoms with van der Waals surface area (Å²) >= 11 is 17.5. The SMILES string of the molecule is CC(NC(C)(C)C)C(=O)c1cccc(Cl)c1.Cc1nnc2n1-c1sc(Br)cc1C(c1ccccc1Cl)=NC2. The van der Waals surface area contributed by atoms with Crippen molar-refractivity contribution in [3.8, 4) is 5.00 Å². The third-order valence-electron chi connectivity index (χ3n) is 5.69. The minimum atomic E-state index is -0.210. The van der Waals surface area contributed by atoms with Crippen molar-refractivity contribution in [2.45, 2.75) is 52.7 Å². The van der Waals surface area contributed by atoms with Gasteiger partial charge in [0.2, 0.25) is 0 Å². The van der Waals surface area contributed by atoms with Crippen LogP contribution in [-0.2, 0) is 6.54 Å². The highest BCUT2D eigenvalue weighted by atomic mass is 79.9. The Kier molecular flexibility index (Phi) is 8.89. The van der Waals surface area contributed by atoms with Crippen LogP contribution in [0.25, 0.3) is 5.00 Å². The largest absolute Gasteiger partial charge is 0.303 e. The van der Waals surface area contributed by atoms with Crippen molar-refractivity contribution < 1.29 is 4.79 Å². The Morgan fingerprint density at radius 2 is 1.82 bits per heavy atom. The van der Waals surface area contributed by atoms with Gasteiger partial charge in [-0.25, -0.2) is 0 Å². The number of benzene rings is 2. The van der Waals surface area contributed by atoms with Crippen LogP contribution in [0.5, 0.6) is 0 Å². The van der Waals surface area contributed by atoms with E-state index in [4.69, 9.17) is 28.2 Å². The molecule has 6 nitrogen and oxygen atoms in total. The first-order valence-electron chi connectivity index (χ1n) is 12.0. The van der Waals surface area contributed by atoms with E-state index in [0.717, 1.165) is 37.3 Å². The molecule has 1 unspecified atom stereocenters. The van der Waals surface area contributed by atoms with Gasteiger partial charge < -0.3 is 5.32 Å². The Hall–Kier alpha value is -2.36. The molecule has 0 saturated carbocycles. The fourth-order valence-corrected chi connectivity index (χ4v) is 6.25. The fraction of sp³-hybridized carbons (Fsp3) is 0.286. The number of thiophene rings is 1. The number of ketones is 1. The van der Waals surface area contributed by atoms with Gasteiger partial charge in [-0.3, -0.25) is 14.4 Å². The average molecular weight is 633 g/mol. The molecule has 3 heterocycles. The van der Waals surface area contributed by atoms with E-state index in [1.165, 1.54) is 0 Å². The van der Waals surface area contributed by atoms with Gasteiger partial charge in [-0.15, -0.1) is 21.5 Å². The zero-order valence-corrected chi connectivity index (χ0v) is 25.6. The molecule has 1 N–H and O–H groups in total. The van der Waals surface area contributed by atoms with Crippen LogP contribution < -0.4 is 5.32 Å². The summed E-state index contributed by atoms with van der Waals surface area (Å²) < 4.78 is 3.11. The van der Waals surface area contributed by atoms with Gasteiger partial charge in [0.25, 0.3) is 0 Å². The van der Waals surface area contributed by atoms with Gasteiger partial charge in [0, 0.05) is 32.3 Å². The standard InChI is InChI=1S/C15H10BrClN4S.C13H18ClNO/c1-8-19-20-13-7-18-14(9-4-2-3-5-11(9)17)10-6-12(16)22-15(10)21(8)13;1-9(15-13(2,3)4)12(16)10-6-5-7-11(14)8-10/h2-6H,7H2,1H3;5-9,15H,1-4H3. The molecule has 0 saturated heterocycles. The lowest BCUT2D eigenvalue weighted by Gasteiger charge is -2.25. The molecule has 2 aromatic heterocycles. The number of aromatic nitrogens is 3. The third kappa shape index (κ3) is 6.61. The second kappa shape index (κ2) is 11.8. The van der Waals surface area contributed by atoms with E-state index >= 15 is 0 Å². The number of carbonyl (C=O) groups is 1. The van der Waals surface area contributed by atoms with E-state index < -0.39 is 0 Å². The summed E-state index contributed by atoms with van der Waals surface area (Å²) in [5, 5.41) is 14.0. The molecule has 0 amide bonds. The molecule has 0 bridgehead atoms. The monoisotopic (exact) mass is 631 g/mol. The molecular weight excluding hydrogens is 605 g/mol. The van der Waals surface area contributed by atoms with Crippen LogP contribution in [0.15, 0.2) is 63.4 Å². The summed E-state index contributed by atoms with van der Waals surface area (Å²) in [7, 11) is 0. The molecule has 1 aliphatic rings. The maximum Gasteiger partial charge on any atom is 0.179 e. The number of aliphatic imine (C=N–C) groups is 1. The van der Waals surface area contributed by atoms with Crippen molar-refractivity contribution in [3.05, 3.63) is 96.8 Å². The summed E-state index contributed by atoms with van der Waals surface area (Å²) in [6.07, 6.45) is 0. The maximum atomic E-state index is 12.1. The van der Waals surface area contributed by atoms with Crippen LogP contribution in [-0.4, -0.2) is 37.8 Å². The molecule has 10 heteroatoms. The molecule has 4 aromatic rings. The minimum absolute atomic E-state index is 0.0671. The molecule has 1 aliphatic heterocycles. The van der Waals surface area contributed by atoms with Gasteiger partial charge in [-0.05, 0) is 74.8 Å². The third-order valence-corrected chi connectivity index (χ3v) is 7.88. The Bertz CT molecular complexity index is 1510. The summed E-state index contributed by atoms with van der Waals surface area (Å²) in [5.74, 6) is 1.77. The first-order chi connectivity index (χ1) is 17.9. The van der Waals surface area contributed by atoms with Crippen LogP contribution in [0.2, 0.25) is 10.0 Å². The maximum absolute atomic E-state index is 12.1. The minimum Gasteiger partial charge on any atom is -0.303 e. The van der Waals surface area contributed by atoms with Gasteiger partial charge in [0.1, 0.15) is 17.4 Å². The Morgan fingerprint density at radius 1 is 1.08 bits per heavy atom. The van der Waals surface area contributed by atoms with Crippen LogP contribution >= 0.6 is 50.5 Å². The number of hydrogen-bond donors (Lipinski definition) is 1. The van der Waals surface area contributed by atoms with Gasteiger partial charge in [0.05, 0.1) is 15.5 Å². The lowest BCUT2D eigenvalue weighted by atomic mass is 10.0. The second-order valence-corrected chi connectivity index (χ2v) is 13.2. The van der Waals surface area contributed by atoms with Crippen LogP contribution in [0.4, 0.5) is 0 Å². The van der Waals surface area contributed by atoms with E-state index in [2.05, 4.69) is 42.1 Å². The normalized spacial score (nSPS) is 13.4. The van der Waals surface area contributed by atoms with Gasteiger partial charge in [0.15, 0.2) is 11.6 Å².